The van der Waals surface area contributed by atoms with Crippen molar-refractivity contribution in [1.29, 1.82) is 0 Å². The van der Waals surface area contributed by atoms with E-state index in [0.29, 0.717) is 37.2 Å². The SMILES string of the molecule is Cc1cc(NC(=O)N2CCC(NS(=O)(=O)C(C)C)CC2)cc(C(=O)NC(C)C)c1. The average molecular weight is 425 g/mol. The molecular formula is C20H32N4O4S. The number of sulfonamides is 1. The van der Waals surface area contributed by atoms with E-state index in [-0.39, 0.29) is 24.0 Å². The quantitative estimate of drug-likeness (QED) is 0.652. The molecule has 0 unspecified atom stereocenters. The van der Waals surface area contributed by atoms with Gasteiger partial charge in [0.05, 0.1) is 5.25 Å². The smallest absolute Gasteiger partial charge is 0.321 e. The molecule has 3 amide bonds. The van der Waals surface area contributed by atoms with Crippen LogP contribution in [-0.4, -0.2) is 55.7 Å². The summed E-state index contributed by atoms with van der Waals surface area (Å²) in [6.45, 7) is 9.86. The average Bonchev–Trinajstić information content (AvgIpc) is 2.60. The zero-order chi connectivity index (χ0) is 21.8. The Hall–Kier alpha value is -2.13. The summed E-state index contributed by atoms with van der Waals surface area (Å²) < 4.78 is 26.7. The maximum atomic E-state index is 12.6. The fraction of sp³-hybridized carbons (Fsp3) is 0.600. The van der Waals surface area contributed by atoms with E-state index in [2.05, 4.69) is 15.4 Å². The van der Waals surface area contributed by atoms with Crippen LogP contribution in [0.15, 0.2) is 18.2 Å². The molecule has 29 heavy (non-hydrogen) atoms. The summed E-state index contributed by atoms with van der Waals surface area (Å²) >= 11 is 0. The van der Waals surface area contributed by atoms with Crippen LogP contribution in [-0.2, 0) is 10.0 Å². The standard InChI is InChI=1S/C20H32N4O4S/c1-13(2)21-19(25)16-10-15(5)11-18(12-16)22-20(26)24-8-6-17(7-9-24)23-29(27,28)14(3)4/h10-14,17,23H,6-9H2,1-5H3,(H,21,25)(H,22,26). The molecule has 1 saturated heterocycles. The first-order valence-electron chi connectivity index (χ1n) is 9.97. The van der Waals surface area contributed by atoms with Gasteiger partial charge in [0.15, 0.2) is 0 Å². The molecule has 0 radical (unpaired) electrons. The third-order valence-electron chi connectivity index (χ3n) is 4.74. The molecule has 3 N–H and O–H groups in total. The van der Waals surface area contributed by atoms with Gasteiger partial charge < -0.3 is 15.5 Å². The molecule has 0 aromatic heterocycles. The lowest BCUT2D eigenvalue weighted by atomic mass is 10.1. The van der Waals surface area contributed by atoms with Crippen molar-refractivity contribution in [3.8, 4) is 0 Å². The summed E-state index contributed by atoms with van der Waals surface area (Å²) in [6, 6.07) is 4.86. The summed E-state index contributed by atoms with van der Waals surface area (Å²) in [7, 11) is -3.32. The number of urea groups is 1. The largest absolute Gasteiger partial charge is 0.350 e. The number of carbonyl (C=O) groups is 2. The summed E-state index contributed by atoms with van der Waals surface area (Å²) in [5, 5.41) is 5.21. The zero-order valence-corrected chi connectivity index (χ0v) is 18.6. The summed E-state index contributed by atoms with van der Waals surface area (Å²) in [6.07, 6.45) is 1.13. The fourth-order valence-corrected chi connectivity index (χ4v) is 4.08. The highest BCUT2D eigenvalue weighted by atomic mass is 32.2. The number of amides is 3. The van der Waals surface area contributed by atoms with Gasteiger partial charge in [-0.15, -0.1) is 0 Å². The van der Waals surface area contributed by atoms with Gasteiger partial charge in [0.25, 0.3) is 5.91 Å². The Bertz CT molecular complexity index is 844. The number of aryl methyl sites for hydroxylation is 1. The van der Waals surface area contributed by atoms with Gasteiger partial charge in [-0.05, 0) is 71.2 Å². The minimum atomic E-state index is -3.32. The molecule has 1 fully saturated rings. The normalized spacial score (nSPS) is 15.6. The Kier molecular flexibility index (Phi) is 7.65. The summed E-state index contributed by atoms with van der Waals surface area (Å²) in [4.78, 5) is 26.5. The van der Waals surface area contributed by atoms with Crippen molar-refractivity contribution in [2.75, 3.05) is 18.4 Å². The van der Waals surface area contributed by atoms with E-state index in [4.69, 9.17) is 0 Å². The Balaban J connectivity index is 1.96. The first-order valence-corrected chi connectivity index (χ1v) is 11.5. The number of carbonyl (C=O) groups excluding carboxylic acids is 2. The highest BCUT2D eigenvalue weighted by Crippen LogP contribution is 2.18. The Morgan fingerprint density at radius 2 is 1.69 bits per heavy atom. The lowest BCUT2D eigenvalue weighted by molar-refractivity contribution is 0.0943. The lowest BCUT2D eigenvalue weighted by Gasteiger charge is -2.32. The van der Waals surface area contributed by atoms with Crippen LogP contribution >= 0.6 is 0 Å². The van der Waals surface area contributed by atoms with E-state index in [1.807, 2.05) is 26.8 Å². The zero-order valence-electron chi connectivity index (χ0n) is 17.8. The Labute approximate surface area is 173 Å². The van der Waals surface area contributed by atoms with Crippen molar-refractivity contribution in [1.82, 2.24) is 14.9 Å². The van der Waals surface area contributed by atoms with Crippen LogP contribution in [0.5, 0.6) is 0 Å². The Morgan fingerprint density at radius 3 is 2.24 bits per heavy atom. The van der Waals surface area contributed by atoms with Gasteiger partial charge in [0.1, 0.15) is 0 Å². The van der Waals surface area contributed by atoms with Crippen molar-refractivity contribution >= 4 is 27.6 Å². The van der Waals surface area contributed by atoms with E-state index >= 15 is 0 Å². The predicted octanol–water partition coefficient (Wildman–Crippen LogP) is 2.46. The van der Waals surface area contributed by atoms with Gasteiger partial charge in [0.2, 0.25) is 10.0 Å². The number of nitrogens with zero attached hydrogens (tertiary/aromatic N) is 1. The number of hydrogen-bond donors (Lipinski definition) is 3. The maximum Gasteiger partial charge on any atom is 0.321 e. The molecule has 0 saturated carbocycles. The summed E-state index contributed by atoms with van der Waals surface area (Å²) in [5.74, 6) is -0.183. The van der Waals surface area contributed by atoms with Gasteiger partial charge >= 0.3 is 6.03 Å². The number of piperidine rings is 1. The number of likely N-dealkylation sites (tertiary alicyclic amines) is 1. The van der Waals surface area contributed by atoms with E-state index in [1.54, 1.807) is 30.9 Å². The molecule has 0 spiro atoms. The third-order valence-corrected chi connectivity index (χ3v) is 6.65. The third kappa shape index (κ3) is 6.71. The molecule has 0 aliphatic carbocycles. The second kappa shape index (κ2) is 9.58. The van der Waals surface area contributed by atoms with Crippen molar-refractivity contribution < 1.29 is 18.0 Å². The predicted molar refractivity (Wildman–Crippen MR) is 115 cm³/mol. The van der Waals surface area contributed by atoms with Crippen LogP contribution in [0.25, 0.3) is 0 Å². The topological polar surface area (TPSA) is 108 Å². The number of anilines is 1. The molecule has 8 nitrogen and oxygen atoms in total. The second-order valence-electron chi connectivity index (χ2n) is 8.12. The van der Waals surface area contributed by atoms with Crippen LogP contribution in [0.2, 0.25) is 0 Å². The monoisotopic (exact) mass is 424 g/mol. The minimum Gasteiger partial charge on any atom is -0.350 e. The van der Waals surface area contributed by atoms with Crippen LogP contribution in [0.4, 0.5) is 10.5 Å². The van der Waals surface area contributed by atoms with Crippen molar-refractivity contribution in [2.24, 2.45) is 0 Å². The summed E-state index contributed by atoms with van der Waals surface area (Å²) in [5.41, 5.74) is 1.93. The highest BCUT2D eigenvalue weighted by molar-refractivity contribution is 7.90. The van der Waals surface area contributed by atoms with Crippen LogP contribution in [0.3, 0.4) is 0 Å². The molecule has 1 aliphatic heterocycles. The molecule has 2 rings (SSSR count). The first kappa shape index (κ1) is 23.2. The number of nitrogens with one attached hydrogen (secondary N) is 3. The van der Waals surface area contributed by atoms with Gasteiger partial charge in [-0.1, -0.05) is 0 Å². The van der Waals surface area contributed by atoms with Crippen LogP contribution in [0, 0.1) is 6.92 Å². The fourth-order valence-electron chi connectivity index (χ4n) is 3.10. The molecule has 1 aromatic rings. The second-order valence-corrected chi connectivity index (χ2v) is 10.4. The number of hydrogen-bond acceptors (Lipinski definition) is 4. The van der Waals surface area contributed by atoms with E-state index in [0.717, 1.165) is 5.56 Å². The van der Waals surface area contributed by atoms with Crippen molar-refractivity contribution in [3.63, 3.8) is 0 Å². The lowest BCUT2D eigenvalue weighted by Crippen LogP contribution is -2.48. The Morgan fingerprint density at radius 1 is 1.07 bits per heavy atom. The molecular weight excluding hydrogens is 392 g/mol. The van der Waals surface area contributed by atoms with E-state index < -0.39 is 15.3 Å². The van der Waals surface area contributed by atoms with E-state index in [9.17, 15) is 18.0 Å². The molecule has 1 aromatic carbocycles. The van der Waals surface area contributed by atoms with Gasteiger partial charge in [-0.25, -0.2) is 17.9 Å². The highest BCUT2D eigenvalue weighted by Gasteiger charge is 2.27. The van der Waals surface area contributed by atoms with Crippen molar-refractivity contribution in [3.05, 3.63) is 29.3 Å². The van der Waals surface area contributed by atoms with Gasteiger partial charge in [-0.2, -0.15) is 0 Å². The molecule has 1 aliphatic rings. The first-order chi connectivity index (χ1) is 13.5. The number of rotatable bonds is 6. The molecule has 162 valence electrons. The maximum absolute atomic E-state index is 12.6. The molecule has 9 heteroatoms. The van der Waals surface area contributed by atoms with E-state index in [1.165, 1.54) is 0 Å². The molecule has 0 atom stereocenters. The van der Waals surface area contributed by atoms with Crippen LogP contribution in [0.1, 0.15) is 56.5 Å². The van der Waals surface area contributed by atoms with Crippen LogP contribution < -0.4 is 15.4 Å². The van der Waals surface area contributed by atoms with Gasteiger partial charge in [0, 0.05) is 36.4 Å². The van der Waals surface area contributed by atoms with Crippen molar-refractivity contribution in [2.45, 2.75) is 64.8 Å². The minimum absolute atomic E-state index is 0.0236. The molecule has 1 heterocycles. The number of benzene rings is 1. The van der Waals surface area contributed by atoms with Gasteiger partial charge in [-0.3, -0.25) is 4.79 Å². The molecule has 0 bridgehead atoms.